The average Bonchev–Trinajstić information content (AvgIpc) is 2.90. The van der Waals surface area contributed by atoms with Crippen molar-refractivity contribution >= 4 is 17.5 Å². The first kappa shape index (κ1) is 23.4. The van der Waals surface area contributed by atoms with Gasteiger partial charge in [0.05, 0.1) is 10.5 Å². The average molecular weight is 466 g/mol. The fraction of sp³-hybridized carbons (Fsp3) is 0.0690. The lowest BCUT2D eigenvalue weighted by Gasteiger charge is -2.13. The summed E-state index contributed by atoms with van der Waals surface area (Å²) in [7, 11) is 0. The number of ketones is 1. The summed E-state index contributed by atoms with van der Waals surface area (Å²) < 4.78 is 11.9. The molecule has 0 heterocycles. The molecule has 0 bridgehead atoms. The molecule has 0 aliphatic heterocycles. The predicted octanol–water partition coefficient (Wildman–Crippen LogP) is 6.65. The molecular formula is C29H23NO5. The molecule has 174 valence electrons. The second-order valence-electron chi connectivity index (χ2n) is 7.76. The minimum absolute atomic E-state index is 0.0357. The lowest BCUT2D eigenvalue weighted by atomic mass is 10.1. The summed E-state index contributed by atoms with van der Waals surface area (Å²) in [5.74, 6) is 0.693. The number of nitrogens with zero attached hydrogens (tertiary/aromatic N) is 1. The molecule has 4 aromatic rings. The molecule has 0 radical (unpaired) electrons. The molecule has 0 saturated carbocycles. The topological polar surface area (TPSA) is 78.7 Å². The minimum atomic E-state index is -0.469. The summed E-state index contributed by atoms with van der Waals surface area (Å²) in [6, 6.07) is 30.7. The first-order valence-electron chi connectivity index (χ1n) is 11.0. The maximum absolute atomic E-state index is 13.0. The van der Waals surface area contributed by atoms with Crippen LogP contribution in [0.2, 0.25) is 0 Å². The standard InChI is InChI=1S/C29H23NO5/c31-28(17-14-22-12-7-13-25(18-22)30(32)33)27-16-15-26(34-20-23-8-3-1-4-9-23)19-29(27)35-21-24-10-5-2-6-11-24/h1-19H,20-21H2. The number of non-ortho nitro benzene ring substituents is 1. The summed E-state index contributed by atoms with van der Waals surface area (Å²) in [6.45, 7) is 0.677. The van der Waals surface area contributed by atoms with Crippen molar-refractivity contribution in [2.24, 2.45) is 0 Å². The van der Waals surface area contributed by atoms with Crippen LogP contribution in [0.5, 0.6) is 11.5 Å². The van der Waals surface area contributed by atoms with Crippen LogP contribution in [0, 0.1) is 10.1 Å². The SMILES string of the molecule is O=C(C=Cc1cccc([N+](=O)[O-])c1)c1ccc(OCc2ccccc2)cc1OCc1ccccc1. The van der Waals surface area contributed by atoms with E-state index in [0.29, 0.717) is 29.2 Å². The Bertz CT molecular complexity index is 1330. The predicted molar refractivity (Wildman–Crippen MR) is 134 cm³/mol. The van der Waals surface area contributed by atoms with Crippen LogP contribution >= 0.6 is 0 Å². The molecular weight excluding hydrogens is 442 g/mol. The van der Waals surface area contributed by atoms with Crippen molar-refractivity contribution in [2.75, 3.05) is 0 Å². The lowest BCUT2D eigenvalue weighted by Crippen LogP contribution is -2.04. The number of allylic oxidation sites excluding steroid dienone is 1. The summed E-state index contributed by atoms with van der Waals surface area (Å²) in [4.78, 5) is 23.6. The quantitative estimate of drug-likeness (QED) is 0.113. The molecule has 4 rings (SSSR count). The molecule has 6 nitrogen and oxygen atoms in total. The Labute approximate surface area is 203 Å². The fourth-order valence-corrected chi connectivity index (χ4v) is 3.40. The third kappa shape index (κ3) is 6.65. The van der Waals surface area contributed by atoms with Crippen molar-refractivity contribution in [3.8, 4) is 11.5 Å². The van der Waals surface area contributed by atoms with E-state index in [-0.39, 0.29) is 18.1 Å². The van der Waals surface area contributed by atoms with E-state index in [9.17, 15) is 14.9 Å². The van der Waals surface area contributed by atoms with E-state index >= 15 is 0 Å². The Morgan fingerprint density at radius 2 is 1.43 bits per heavy atom. The van der Waals surface area contributed by atoms with Gasteiger partial charge < -0.3 is 9.47 Å². The molecule has 0 atom stereocenters. The molecule has 0 aliphatic carbocycles. The minimum Gasteiger partial charge on any atom is -0.489 e. The molecule has 0 saturated heterocycles. The maximum atomic E-state index is 13.0. The van der Waals surface area contributed by atoms with Gasteiger partial charge in [-0.1, -0.05) is 78.9 Å². The second-order valence-corrected chi connectivity index (χ2v) is 7.76. The molecule has 0 amide bonds. The van der Waals surface area contributed by atoms with Gasteiger partial charge in [-0.25, -0.2) is 0 Å². The van der Waals surface area contributed by atoms with Gasteiger partial charge in [0, 0.05) is 18.2 Å². The highest BCUT2D eigenvalue weighted by atomic mass is 16.6. The third-order valence-corrected chi connectivity index (χ3v) is 5.21. The van der Waals surface area contributed by atoms with Crippen LogP contribution in [-0.2, 0) is 13.2 Å². The largest absolute Gasteiger partial charge is 0.489 e. The van der Waals surface area contributed by atoms with Crippen molar-refractivity contribution in [1.82, 2.24) is 0 Å². The number of hydrogen-bond acceptors (Lipinski definition) is 5. The van der Waals surface area contributed by atoms with Gasteiger partial charge in [-0.2, -0.15) is 0 Å². The Hall–Kier alpha value is -4.71. The molecule has 0 unspecified atom stereocenters. The second kappa shape index (κ2) is 11.4. The summed E-state index contributed by atoms with van der Waals surface area (Å²) in [5, 5.41) is 11.0. The first-order valence-corrected chi connectivity index (χ1v) is 11.0. The van der Waals surface area contributed by atoms with Gasteiger partial charge in [-0.15, -0.1) is 0 Å². The van der Waals surface area contributed by atoms with E-state index in [0.717, 1.165) is 11.1 Å². The third-order valence-electron chi connectivity index (χ3n) is 5.21. The van der Waals surface area contributed by atoms with E-state index in [1.165, 1.54) is 18.2 Å². The van der Waals surface area contributed by atoms with Crippen LogP contribution in [0.1, 0.15) is 27.0 Å². The Morgan fingerprint density at radius 1 is 0.771 bits per heavy atom. The summed E-state index contributed by atoms with van der Waals surface area (Å²) >= 11 is 0. The first-order chi connectivity index (χ1) is 17.1. The van der Waals surface area contributed by atoms with Crippen LogP contribution in [-0.4, -0.2) is 10.7 Å². The van der Waals surface area contributed by atoms with E-state index in [1.807, 2.05) is 60.7 Å². The molecule has 4 aromatic carbocycles. The zero-order valence-corrected chi connectivity index (χ0v) is 18.9. The zero-order valence-electron chi connectivity index (χ0n) is 18.9. The van der Waals surface area contributed by atoms with E-state index < -0.39 is 4.92 Å². The lowest BCUT2D eigenvalue weighted by molar-refractivity contribution is -0.384. The highest BCUT2D eigenvalue weighted by molar-refractivity contribution is 6.08. The highest BCUT2D eigenvalue weighted by Gasteiger charge is 2.13. The Balaban J connectivity index is 1.55. The number of nitro groups is 1. The molecule has 6 heteroatoms. The Kier molecular flexibility index (Phi) is 7.66. The fourth-order valence-electron chi connectivity index (χ4n) is 3.40. The van der Waals surface area contributed by atoms with Gasteiger partial charge in [0.1, 0.15) is 24.7 Å². The van der Waals surface area contributed by atoms with E-state index in [1.54, 1.807) is 36.4 Å². The number of carbonyl (C=O) groups excluding carboxylic acids is 1. The number of hydrogen-bond donors (Lipinski definition) is 0. The van der Waals surface area contributed by atoms with Gasteiger partial charge in [-0.05, 0) is 34.9 Å². The van der Waals surface area contributed by atoms with Crippen molar-refractivity contribution < 1.29 is 19.2 Å². The highest BCUT2D eigenvalue weighted by Crippen LogP contribution is 2.28. The zero-order chi connectivity index (χ0) is 24.5. The number of benzene rings is 4. The van der Waals surface area contributed by atoms with Gasteiger partial charge >= 0.3 is 0 Å². The smallest absolute Gasteiger partial charge is 0.270 e. The molecule has 0 fully saturated rings. The van der Waals surface area contributed by atoms with Crippen LogP contribution in [0.25, 0.3) is 6.08 Å². The maximum Gasteiger partial charge on any atom is 0.270 e. The van der Waals surface area contributed by atoms with Crippen LogP contribution in [0.15, 0.2) is 109 Å². The Morgan fingerprint density at radius 3 is 2.09 bits per heavy atom. The molecule has 0 aromatic heterocycles. The van der Waals surface area contributed by atoms with Crippen LogP contribution in [0.3, 0.4) is 0 Å². The van der Waals surface area contributed by atoms with Crippen molar-refractivity contribution in [1.29, 1.82) is 0 Å². The van der Waals surface area contributed by atoms with E-state index in [4.69, 9.17) is 9.47 Å². The number of nitro benzene ring substituents is 1. The normalized spacial score (nSPS) is 10.7. The van der Waals surface area contributed by atoms with Gasteiger partial charge in [0.25, 0.3) is 5.69 Å². The van der Waals surface area contributed by atoms with Gasteiger partial charge in [0.15, 0.2) is 5.78 Å². The van der Waals surface area contributed by atoms with Gasteiger partial charge in [-0.3, -0.25) is 14.9 Å². The summed E-state index contributed by atoms with van der Waals surface area (Å²) in [6.07, 6.45) is 2.93. The van der Waals surface area contributed by atoms with Crippen molar-refractivity contribution in [3.05, 3.63) is 142 Å². The molecule has 35 heavy (non-hydrogen) atoms. The van der Waals surface area contributed by atoms with Crippen LogP contribution in [0.4, 0.5) is 5.69 Å². The monoisotopic (exact) mass is 465 g/mol. The molecule has 0 spiro atoms. The molecule has 0 aliphatic rings. The van der Waals surface area contributed by atoms with Crippen molar-refractivity contribution in [2.45, 2.75) is 13.2 Å². The number of carbonyl (C=O) groups is 1. The van der Waals surface area contributed by atoms with E-state index in [2.05, 4.69) is 0 Å². The molecule has 0 N–H and O–H groups in total. The number of ether oxygens (including phenoxy) is 2. The number of rotatable bonds is 10. The van der Waals surface area contributed by atoms with Crippen LogP contribution < -0.4 is 9.47 Å². The summed E-state index contributed by atoms with van der Waals surface area (Å²) in [5.41, 5.74) is 2.89. The van der Waals surface area contributed by atoms with Gasteiger partial charge in [0.2, 0.25) is 0 Å². The van der Waals surface area contributed by atoms with Crippen molar-refractivity contribution in [3.63, 3.8) is 0 Å².